The molecule has 1 aliphatic rings. The summed E-state index contributed by atoms with van der Waals surface area (Å²) in [6.45, 7) is 5.73. The Bertz CT molecular complexity index is 341. The van der Waals surface area contributed by atoms with Gasteiger partial charge in [0.2, 0.25) is 0 Å². The third-order valence-electron chi connectivity index (χ3n) is 3.68. The number of hydrogen-bond acceptors (Lipinski definition) is 4. The van der Waals surface area contributed by atoms with Crippen LogP contribution in [0, 0.1) is 5.92 Å². The van der Waals surface area contributed by atoms with Gasteiger partial charge in [-0.15, -0.1) is 0 Å². The van der Waals surface area contributed by atoms with Crippen molar-refractivity contribution in [3.8, 4) is 0 Å². The maximum atomic E-state index is 9.96. The Morgan fingerprint density at radius 3 is 3.06 bits per heavy atom. The zero-order valence-electron chi connectivity index (χ0n) is 11.3. The number of likely N-dealkylation sites (tertiary alicyclic amines) is 1. The molecule has 2 heterocycles. The Labute approximate surface area is 109 Å². The Hall–Kier alpha value is -0.910. The summed E-state index contributed by atoms with van der Waals surface area (Å²) >= 11 is 0. The summed E-state index contributed by atoms with van der Waals surface area (Å²) in [5.74, 6) is 0.639. The van der Waals surface area contributed by atoms with E-state index in [1.807, 2.05) is 12.3 Å². The van der Waals surface area contributed by atoms with Gasteiger partial charge in [-0.05, 0) is 32.0 Å². The Balaban J connectivity index is 1.70. The third-order valence-corrected chi connectivity index (χ3v) is 3.68. The van der Waals surface area contributed by atoms with E-state index in [0.717, 1.165) is 19.5 Å². The van der Waals surface area contributed by atoms with Gasteiger partial charge >= 0.3 is 0 Å². The van der Waals surface area contributed by atoms with E-state index in [9.17, 15) is 5.11 Å². The van der Waals surface area contributed by atoms with Crippen LogP contribution in [0.1, 0.15) is 13.3 Å². The maximum absolute atomic E-state index is 9.96. The molecule has 2 N–H and O–H groups in total. The molecule has 3 atom stereocenters. The highest BCUT2D eigenvalue weighted by atomic mass is 16.3. The average Bonchev–Trinajstić information content (AvgIpc) is 2.80. The lowest BCUT2D eigenvalue weighted by molar-refractivity contribution is 0.122. The monoisotopic (exact) mass is 252 g/mol. The predicted molar refractivity (Wildman–Crippen MR) is 71.3 cm³/mol. The molecule has 102 valence electrons. The summed E-state index contributed by atoms with van der Waals surface area (Å²) in [4.78, 5) is 2.36. The molecule has 0 radical (unpaired) electrons. The summed E-state index contributed by atoms with van der Waals surface area (Å²) in [5, 5.41) is 17.5. The molecule has 0 amide bonds. The van der Waals surface area contributed by atoms with Crippen LogP contribution in [0.25, 0.3) is 0 Å². The van der Waals surface area contributed by atoms with E-state index in [-0.39, 0.29) is 6.10 Å². The molecule has 1 saturated heterocycles. The number of nitrogens with one attached hydrogen (secondary N) is 1. The van der Waals surface area contributed by atoms with Gasteiger partial charge in [0, 0.05) is 31.5 Å². The first kappa shape index (κ1) is 13.5. The quantitative estimate of drug-likeness (QED) is 0.784. The van der Waals surface area contributed by atoms with Crippen LogP contribution in [0.15, 0.2) is 18.5 Å². The number of nitrogens with zero attached hydrogens (tertiary/aromatic N) is 3. The number of piperidine rings is 1. The number of aliphatic hydroxyl groups excluding tert-OH is 1. The fraction of sp³-hybridized carbons (Fsp3) is 0.769. The highest BCUT2D eigenvalue weighted by Gasteiger charge is 2.24. The van der Waals surface area contributed by atoms with Crippen LogP contribution < -0.4 is 5.32 Å². The van der Waals surface area contributed by atoms with Crippen LogP contribution in [0.2, 0.25) is 0 Å². The van der Waals surface area contributed by atoms with Crippen molar-refractivity contribution in [2.45, 2.75) is 32.0 Å². The summed E-state index contributed by atoms with van der Waals surface area (Å²) in [6.07, 6.45) is 4.39. The van der Waals surface area contributed by atoms with Gasteiger partial charge in [-0.1, -0.05) is 6.92 Å². The van der Waals surface area contributed by atoms with E-state index in [1.54, 1.807) is 10.9 Å². The molecule has 0 spiro atoms. The zero-order valence-corrected chi connectivity index (χ0v) is 11.3. The molecule has 0 bridgehead atoms. The SMILES string of the molecule is CC1CN(C)CCC1NCC(O)Cn1cccn1. The molecule has 3 unspecified atom stereocenters. The lowest BCUT2D eigenvalue weighted by Crippen LogP contribution is -2.49. The van der Waals surface area contributed by atoms with Crippen molar-refractivity contribution >= 4 is 0 Å². The van der Waals surface area contributed by atoms with Crippen molar-refractivity contribution in [3.05, 3.63) is 18.5 Å². The summed E-state index contributed by atoms with van der Waals surface area (Å²) in [6, 6.07) is 2.40. The van der Waals surface area contributed by atoms with Crippen molar-refractivity contribution in [2.75, 3.05) is 26.7 Å². The Morgan fingerprint density at radius 1 is 1.56 bits per heavy atom. The van der Waals surface area contributed by atoms with Crippen LogP contribution in [-0.4, -0.2) is 58.6 Å². The third kappa shape index (κ3) is 3.80. The second-order valence-electron chi connectivity index (χ2n) is 5.42. The fourth-order valence-corrected chi connectivity index (χ4v) is 2.63. The molecule has 1 fully saturated rings. The highest BCUT2D eigenvalue weighted by Crippen LogP contribution is 2.15. The van der Waals surface area contributed by atoms with E-state index in [2.05, 4.69) is 29.3 Å². The highest BCUT2D eigenvalue weighted by molar-refractivity contribution is 4.83. The Morgan fingerprint density at radius 2 is 2.39 bits per heavy atom. The molecule has 1 aromatic heterocycles. The predicted octanol–water partition coefficient (Wildman–Crippen LogP) is 0.174. The molecule has 18 heavy (non-hydrogen) atoms. The van der Waals surface area contributed by atoms with Gasteiger partial charge < -0.3 is 15.3 Å². The van der Waals surface area contributed by atoms with Crippen LogP contribution in [0.3, 0.4) is 0 Å². The number of hydrogen-bond donors (Lipinski definition) is 2. The normalized spacial score (nSPS) is 27.3. The molecule has 0 saturated carbocycles. The molecule has 1 aromatic rings. The standard InChI is InChI=1S/C13H24N4O/c1-11-9-16(2)7-4-13(11)14-8-12(18)10-17-6-3-5-15-17/h3,5-6,11-14,18H,4,7-10H2,1-2H3. The maximum Gasteiger partial charge on any atom is 0.0860 e. The van der Waals surface area contributed by atoms with E-state index in [4.69, 9.17) is 0 Å². The van der Waals surface area contributed by atoms with E-state index < -0.39 is 0 Å². The van der Waals surface area contributed by atoms with Gasteiger partial charge in [0.1, 0.15) is 0 Å². The molecule has 0 aliphatic carbocycles. The minimum Gasteiger partial charge on any atom is -0.390 e. The minimum absolute atomic E-state index is 0.378. The molecule has 5 nitrogen and oxygen atoms in total. The van der Waals surface area contributed by atoms with Crippen molar-refractivity contribution < 1.29 is 5.11 Å². The smallest absolute Gasteiger partial charge is 0.0860 e. The second kappa shape index (κ2) is 6.31. The first-order valence-electron chi connectivity index (χ1n) is 6.72. The minimum atomic E-state index is -0.378. The summed E-state index contributed by atoms with van der Waals surface area (Å²) in [5.41, 5.74) is 0. The zero-order chi connectivity index (χ0) is 13.0. The molecule has 2 rings (SSSR count). The van der Waals surface area contributed by atoms with E-state index in [1.165, 1.54) is 0 Å². The number of aromatic nitrogens is 2. The van der Waals surface area contributed by atoms with Crippen LogP contribution in [-0.2, 0) is 6.54 Å². The topological polar surface area (TPSA) is 53.3 Å². The van der Waals surface area contributed by atoms with Gasteiger partial charge in [0.15, 0.2) is 0 Å². The molecular formula is C13H24N4O. The average molecular weight is 252 g/mol. The van der Waals surface area contributed by atoms with Crippen molar-refractivity contribution in [1.82, 2.24) is 20.0 Å². The molecule has 0 aromatic carbocycles. The van der Waals surface area contributed by atoms with Crippen LogP contribution in [0.5, 0.6) is 0 Å². The summed E-state index contributed by atoms with van der Waals surface area (Å²) in [7, 11) is 2.17. The van der Waals surface area contributed by atoms with Gasteiger partial charge in [0.05, 0.1) is 12.6 Å². The van der Waals surface area contributed by atoms with Crippen LogP contribution in [0.4, 0.5) is 0 Å². The van der Waals surface area contributed by atoms with Gasteiger partial charge in [-0.2, -0.15) is 5.10 Å². The molecule has 5 heteroatoms. The van der Waals surface area contributed by atoms with Crippen molar-refractivity contribution in [2.24, 2.45) is 5.92 Å². The van der Waals surface area contributed by atoms with Gasteiger partial charge in [-0.3, -0.25) is 4.68 Å². The first-order valence-corrected chi connectivity index (χ1v) is 6.72. The van der Waals surface area contributed by atoms with Gasteiger partial charge in [-0.25, -0.2) is 0 Å². The van der Waals surface area contributed by atoms with Crippen molar-refractivity contribution in [1.29, 1.82) is 0 Å². The molecule has 1 aliphatic heterocycles. The summed E-state index contributed by atoms with van der Waals surface area (Å²) < 4.78 is 1.77. The van der Waals surface area contributed by atoms with E-state index >= 15 is 0 Å². The lowest BCUT2D eigenvalue weighted by Gasteiger charge is -2.35. The van der Waals surface area contributed by atoms with Gasteiger partial charge in [0.25, 0.3) is 0 Å². The fourth-order valence-electron chi connectivity index (χ4n) is 2.63. The lowest BCUT2D eigenvalue weighted by atomic mass is 9.94. The largest absolute Gasteiger partial charge is 0.390 e. The Kier molecular flexibility index (Phi) is 4.74. The number of rotatable bonds is 5. The first-order chi connectivity index (χ1) is 8.65. The van der Waals surface area contributed by atoms with E-state index in [0.29, 0.717) is 25.0 Å². The van der Waals surface area contributed by atoms with Crippen LogP contribution >= 0.6 is 0 Å². The second-order valence-corrected chi connectivity index (χ2v) is 5.42. The van der Waals surface area contributed by atoms with Crippen molar-refractivity contribution in [3.63, 3.8) is 0 Å². The molecular weight excluding hydrogens is 228 g/mol. The number of aliphatic hydroxyl groups is 1.